The molecule has 6 unspecified atom stereocenters. The van der Waals surface area contributed by atoms with Gasteiger partial charge >= 0.3 is 19.6 Å². The van der Waals surface area contributed by atoms with Gasteiger partial charge in [0.15, 0.2) is 17.4 Å². The number of rotatable bonds is 19. The van der Waals surface area contributed by atoms with E-state index >= 15 is 4.57 Å². The van der Waals surface area contributed by atoms with Crippen LogP contribution < -0.4 is 30.1 Å². The van der Waals surface area contributed by atoms with Crippen molar-refractivity contribution >= 4 is 36.7 Å². The van der Waals surface area contributed by atoms with Crippen LogP contribution in [0.25, 0.3) is 11.2 Å². The number of aliphatic hydroxyl groups excluding tert-OH is 1. The van der Waals surface area contributed by atoms with Crippen molar-refractivity contribution in [3.8, 4) is 17.4 Å². The van der Waals surface area contributed by atoms with Gasteiger partial charge in [-0.3, -0.25) is 18.7 Å². The number of nitrogens with two attached hydrogens (primary N) is 1. The second-order valence-corrected chi connectivity index (χ2v) is 22.7. The lowest BCUT2D eigenvalue weighted by atomic mass is 9.96. The highest BCUT2D eigenvalue weighted by Crippen LogP contribution is 2.45. The molecule has 20 heteroatoms. The summed E-state index contributed by atoms with van der Waals surface area (Å²) >= 11 is 0. The molecule has 3 aliphatic rings. The molecule has 384 valence electrons. The summed E-state index contributed by atoms with van der Waals surface area (Å²) in [5.41, 5.74) is 4.87. The molecule has 3 fully saturated rings. The zero-order valence-electron chi connectivity index (χ0n) is 41.7. The fraction of sp³-hybridized carbons (Fsp3) is 0.620. The normalized spacial score (nSPS) is 23.3. The number of nitrogens with one attached hydrogen (secondary N) is 2. The molecule has 19 nitrogen and oxygen atoms in total. The molecule has 4 aromatic rings. The monoisotopic (exact) mass is 993 g/mol. The molecule has 0 amide bonds. The molecule has 6 atom stereocenters. The van der Waals surface area contributed by atoms with Gasteiger partial charge in [-0.05, 0) is 148 Å². The Morgan fingerprint density at radius 2 is 1.29 bits per heavy atom. The van der Waals surface area contributed by atoms with Gasteiger partial charge in [-0.1, -0.05) is 37.1 Å². The first-order valence-corrected chi connectivity index (χ1v) is 26.1. The molecule has 0 radical (unpaired) electrons. The van der Waals surface area contributed by atoms with Gasteiger partial charge in [0, 0.05) is 0 Å². The van der Waals surface area contributed by atoms with E-state index in [4.69, 9.17) is 38.7 Å². The summed E-state index contributed by atoms with van der Waals surface area (Å²) in [7, 11) is -3.25. The number of imidazole rings is 1. The molecule has 2 aromatic carbocycles. The molecule has 0 spiro atoms. The third-order valence-corrected chi connectivity index (χ3v) is 14.3. The van der Waals surface area contributed by atoms with Gasteiger partial charge in [-0.2, -0.15) is 9.97 Å². The van der Waals surface area contributed by atoms with Crippen molar-refractivity contribution in [1.29, 1.82) is 0 Å². The molecule has 2 aliphatic carbocycles. The molecule has 1 saturated heterocycles. The molecule has 70 heavy (non-hydrogen) atoms. The predicted molar refractivity (Wildman–Crippen MR) is 261 cm³/mol. The fourth-order valence-electron chi connectivity index (χ4n) is 9.09. The van der Waals surface area contributed by atoms with Crippen LogP contribution in [-0.2, 0) is 45.7 Å². The van der Waals surface area contributed by atoms with E-state index in [0.717, 1.165) is 38.5 Å². The highest BCUT2D eigenvalue weighted by atomic mass is 31.2. The second-order valence-electron chi connectivity index (χ2n) is 20.8. The van der Waals surface area contributed by atoms with Crippen molar-refractivity contribution in [2.75, 3.05) is 19.5 Å². The first kappa shape index (κ1) is 52.9. The average Bonchev–Trinajstić information content (AvgIpc) is 3.81. The van der Waals surface area contributed by atoms with E-state index in [2.05, 4.69) is 25.1 Å². The van der Waals surface area contributed by atoms with Crippen LogP contribution in [0.5, 0.6) is 17.4 Å². The standard InChI is InChI=1S/C50H72N7O12P/c1-48(2,3)68-35-23-19-31(20-24-35)27-37(44(59)65-33-15-11-9-12-16-33)55-70(62,56-38(45(60)66-34-17-13-10-14-18-34)28-32-21-25-36(26-22-32)69-49(4,5)6)64-29-39-41(58)50(7,61)46(67-39)57-30-52-40-42(57)53-47(51)54-43(40)63-8/h19-26,30,33-34,37-39,41,46,58,61H,9-18,27-29H2,1-8H3,(H2,51,53,54)(H2,55,56,62). The Bertz CT molecular complexity index is 2320. The SMILES string of the molecule is COc1nc(N)nc2c1ncn2C1OC(COP(=O)(NC(Cc2ccc(OC(C)(C)C)cc2)C(=O)OC2CCCCC2)NC(Cc2ccc(OC(C)(C)C)cc2)C(=O)OC2CCCCC2)C(O)C1(C)O. The third kappa shape index (κ3) is 14.0. The number of methoxy groups -OCH3 is 1. The van der Waals surface area contributed by atoms with Gasteiger partial charge < -0.3 is 48.9 Å². The number of hydrogen-bond donors (Lipinski definition) is 5. The lowest BCUT2D eigenvalue weighted by molar-refractivity contribution is -0.153. The minimum Gasteiger partial charge on any atom is -0.488 e. The maximum absolute atomic E-state index is 15.9. The van der Waals surface area contributed by atoms with E-state index in [1.165, 1.54) is 24.9 Å². The fourth-order valence-corrected chi connectivity index (χ4v) is 10.9. The number of esters is 2. The third-order valence-electron chi connectivity index (χ3n) is 12.5. The van der Waals surface area contributed by atoms with Crippen molar-refractivity contribution in [3.05, 3.63) is 66.0 Å². The van der Waals surface area contributed by atoms with Gasteiger partial charge in [-0.15, -0.1) is 0 Å². The number of aromatic nitrogens is 4. The van der Waals surface area contributed by atoms with Gasteiger partial charge in [0.05, 0.1) is 20.0 Å². The van der Waals surface area contributed by atoms with Crippen molar-refractivity contribution < 1.29 is 57.3 Å². The Morgan fingerprint density at radius 3 is 1.73 bits per heavy atom. The Kier molecular flexibility index (Phi) is 16.8. The van der Waals surface area contributed by atoms with Crippen molar-refractivity contribution in [3.63, 3.8) is 0 Å². The van der Waals surface area contributed by atoms with E-state index < -0.39 is 73.5 Å². The van der Waals surface area contributed by atoms with Crippen LogP contribution >= 0.6 is 7.67 Å². The largest absolute Gasteiger partial charge is 0.488 e. The van der Waals surface area contributed by atoms with Gasteiger partial charge in [0.2, 0.25) is 11.8 Å². The second kappa shape index (κ2) is 22.3. The number of ether oxygens (including phenoxy) is 6. The summed E-state index contributed by atoms with van der Waals surface area (Å²) in [5, 5.41) is 29.6. The first-order valence-electron chi connectivity index (χ1n) is 24.4. The molecule has 0 bridgehead atoms. The van der Waals surface area contributed by atoms with Gasteiger partial charge in [0.25, 0.3) is 0 Å². The molecule has 3 heterocycles. The zero-order valence-corrected chi connectivity index (χ0v) is 42.6. The average molecular weight is 994 g/mol. The summed E-state index contributed by atoms with van der Waals surface area (Å²) in [6.45, 7) is 12.4. The van der Waals surface area contributed by atoms with Crippen molar-refractivity contribution in [2.24, 2.45) is 0 Å². The lowest BCUT2D eigenvalue weighted by Crippen LogP contribution is -2.48. The van der Waals surface area contributed by atoms with E-state index in [0.29, 0.717) is 48.3 Å². The minimum absolute atomic E-state index is 0.00427. The van der Waals surface area contributed by atoms with Gasteiger partial charge in [-0.25, -0.2) is 15.2 Å². The number of fused-ring (bicyclic) bond motifs is 1. The Hall–Kier alpha value is -4.88. The summed E-state index contributed by atoms with van der Waals surface area (Å²) in [6, 6.07) is 11.9. The number of nitrogen functional groups attached to an aromatic ring is 1. The highest BCUT2D eigenvalue weighted by molar-refractivity contribution is 7.54. The van der Waals surface area contributed by atoms with Crippen LogP contribution in [0.1, 0.15) is 130 Å². The maximum Gasteiger partial charge on any atom is 0.342 e. The predicted octanol–water partition coefficient (Wildman–Crippen LogP) is 7.06. The Balaban J connectivity index is 1.23. The minimum atomic E-state index is -4.65. The van der Waals surface area contributed by atoms with Crippen LogP contribution in [0, 0.1) is 0 Å². The topological polar surface area (TPSA) is 250 Å². The number of anilines is 1. The number of hydrogen-bond acceptors (Lipinski definition) is 16. The van der Waals surface area contributed by atoms with Crippen LogP contribution in [0.2, 0.25) is 0 Å². The lowest BCUT2D eigenvalue weighted by Gasteiger charge is -2.31. The highest BCUT2D eigenvalue weighted by Gasteiger charge is 2.54. The quantitative estimate of drug-likeness (QED) is 0.0466. The van der Waals surface area contributed by atoms with E-state index in [1.54, 1.807) is 24.3 Å². The molecule has 7 rings (SSSR count). The van der Waals surface area contributed by atoms with E-state index in [1.807, 2.05) is 65.8 Å². The Morgan fingerprint density at radius 1 is 0.814 bits per heavy atom. The van der Waals surface area contributed by atoms with Crippen LogP contribution in [0.4, 0.5) is 5.95 Å². The number of carbonyl (C=O) groups is 2. The summed E-state index contributed by atoms with van der Waals surface area (Å²) in [6.07, 6.45) is 4.83. The molecule has 2 aromatic heterocycles. The number of nitrogens with zero attached hydrogens (tertiary/aromatic N) is 4. The summed E-state index contributed by atoms with van der Waals surface area (Å²) in [5.74, 6) is -0.102. The molecular formula is C50H72N7O12P. The number of benzene rings is 2. The van der Waals surface area contributed by atoms with E-state index in [-0.39, 0.29) is 48.0 Å². The maximum atomic E-state index is 15.9. The molecule has 1 aliphatic heterocycles. The van der Waals surface area contributed by atoms with Crippen molar-refractivity contribution in [2.45, 2.75) is 185 Å². The summed E-state index contributed by atoms with van der Waals surface area (Å²) < 4.78 is 59.6. The zero-order chi connectivity index (χ0) is 50.4. The first-order chi connectivity index (χ1) is 33.1. The van der Waals surface area contributed by atoms with Crippen LogP contribution in [-0.4, -0.2) is 109 Å². The van der Waals surface area contributed by atoms with Crippen molar-refractivity contribution in [1.82, 2.24) is 29.7 Å². The van der Waals surface area contributed by atoms with Crippen LogP contribution in [0.3, 0.4) is 0 Å². The Labute approximate surface area is 410 Å². The number of aliphatic hydroxyl groups is 2. The summed E-state index contributed by atoms with van der Waals surface area (Å²) in [4.78, 5) is 41.6. The molecule has 6 N–H and O–H groups in total. The van der Waals surface area contributed by atoms with E-state index in [9.17, 15) is 19.8 Å². The van der Waals surface area contributed by atoms with Crippen LogP contribution in [0.15, 0.2) is 54.9 Å². The number of carbonyl (C=O) groups excluding carboxylic acids is 2. The molecule has 2 saturated carbocycles. The smallest absolute Gasteiger partial charge is 0.342 e. The van der Waals surface area contributed by atoms with Gasteiger partial charge in [0.1, 0.15) is 64.8 Å². The molecular weight excluding hydrogens is 922 g/mol.